The molecule has 14 heavy (non-hydrogen) atoms. The summed E-state index contributed by atoms with van der Waals surface area (Å²) >= 11 is 0. The fourth-order valence-corrected chi connectivity index (χ4v) is 1.37. The lowest BCUT2D eigenvalue weighted by Gasteiger charge is -2.04. The fourth-order valence-electron chi connectivity index (χ4n) is 1.37. The number of carboxylic acids is 1. The fraction of sp³-hybridized carbons (Fsp3) is 0.400. The first-order chi connectivity index (χ1) is 6.66. The molecule has 74 valence electrons. The molecule has 0 bridgehead atoms. The normalized spacial score (nSPS) is 24.4. The topological polar surface area (TPSA) is 62.2 Å². The van der Waals surface area contributed by atoms with Crippen molar-refractivity contribution in [3.05, 3.63) is 24.0 Å². The van der Waals surface area contributed by atoms with Crippen LogP contribution >= 0.6 is 0 Å². The molecule has 1 heterocycles. The van der Waals surface area contributed by atoms with Crippen LogP contribution in [0.25, 0.3) is 0 Å². The van der Waals surface area contributed by atoms with Crippen molar-refractivity contribution in [2.45, 2.75) is 19.4 Å². The Morgan fingerprint density at radius 3 is 3.00 bits per heavy atom. The number of aromatic carboxylic acids is 1. The second-order valence-corrected chi connectivity index (χ2v) is 3.70. The van der Waals surface area contributed by atoms with Gasteiger partial charge in [0.2, 0.25) is 0 Å². The number of nitrogens with zero attached hydrogens (tertiary/aromatic N) is 1. The van der Waals surface area contributed by atoms with E-state index in [0.29, 0.717) is 12.0 Å². The summed E-state index contributed by atoms with van der Waals surface area (Å²) in [6.45, 7) is 2.16. The average molecular weight is 192 g/mol. The van der Waals surface area contributed by atoms with Crippen LogP contribution in [0.5, 0.6) is 0 Å². The van der Waals surface area contributed by atoms with Gasteiger partial charge in [0.15, 0.2) is 0 Å². The van der Waals surface area contributed by atoms with Crippen LogP contribution < -0.4 is 5.32 Å². The highest BCUT2D eigenvalue weighted by atomic mass is 16.4. The molecule has 1 aliphatic rings. The van der Waals surface area contributed by atoms with E-state index in [1.807, 2.05) is 0 Å². The molecular weight excluding hydrogens is 180 g/mol. The molecule has 0 aromatic carbocycles. The number of carbonyl (C=O) groups is 1. The van der Waals surface area contributed by atoms with E-state index in [9.17, 15) is 4.79 Å². The summed E-state index contributed by atoms with van der Waals surface area (Å²) in [5, 5.41) is 12.0. The molecule has 1 aromatic heterocycles. The first-order valence-electron chi connectivity index (χ1n) is 4.62. The summed E-state index contributed by atoms with van der Waals surface area (Å²) in [4.78, 5) is 14.4. The Bertz CT molecular complexity index is 365. The number of pyridine rings is 1. The third-order valence-electron chi connectivity index (χ3n) is 2.44. The van der Waals surface area contributed by atoms with Crippen molar-refractivity contribution in [1.29, 1.82) is 0 Å². The molecule has 0 saturated heterocycles. The number of hydrogen-bond acceptors (Lipinski definition) is 3. The molecule has 1 aromatic rings. The van der Waals surface area contributed by atoms with Crippen LogP contribution in [-0.2, 0) is 0 Å². The van der Waals surface area contributed by atoms with Crippen LogP contribution in [0, 0.1) is 5.92 Å². The van der Waals surface area contributed by atoms with E-state index in [2.05, 4.69) is 17.2 Å². The van der Waals surface area contributed by atoms with Crippen molar-refractivity contribution in [2.75, 3.05) is 5.32 Å². The molecule has 2 N–H and O–H groups in total. The third-order valence-corrected chi connectivity index (χ3v) is 2.44. The number of hydrogen-bond donors (Lipinski definition) is 2. The van der Waals surface area contributed by atoms with E-state index in [-0.39, 0.29) is 5.69 Å². The van der Waals surface area contributed by atoms with Gasteiger partial charge in [0.05, 0.1) is 0 Å². The van der Waals surface area contributed by atoms with Crippen LogP contribution in [0.1, 0.15) is 23.8 Å². The predicted molar refractivity (Wildman–Crippen MR) is 52.4 cm³/mol. The number of carboxylic acid groups (broad SMARTS) is 1. The maximum Gasteiger partial charge on any atom is 0.354 e. The Hall–Kier alpha value is -1.58. The summed E-state index contributed by atoms with van der Waals surface area (Å²) in [5.41, 5.74) is 0.926. The molecular formula is C10H12N2O2. The minimum atomic E-state index is -0.988. The smallest absolute Gasteiger partial charge is 0.354 e. The van der Waals surface area contributed by atoms with Crippen LogP contribution in [0.15, 0.2) is 18.3 Å². The van der Waals surface area contributed by atoms with E-state index >= 15 is 0 Å². The SMILES string of the molecule is CC1CC1Nc1ccnc(C(=O)O)c1. The predicted octanol–water partition coefficient (Wildman–Crippen LogP) is 1.60. The largest absolute Gasteiger partial charge is 0.477 e. The van der Waals surface area contributed by atoms with Gasteiger partial charge in [0.25, 0.3) is 0 Å². The standard InChI is InChI=1S/C10H12N2O2/c1-6-4-8(6)12-7-2-3-11-9(5-7)10(13)14/h2-3,5-6,8H,4H2,1H3,(H,11,12)(H,13,14). The molecule has 2 rings (SSSR count). The zero-order chi connectivity index (χ0) is 10.1. The van der Waals surface area contributed by atoms with Crippen molar-refractivity contribution in [2.24, 2.45) is 5.92 Å². The van der Waals surface area contributed by atoms with Crippen molar-refractivity contribution >= 4 is 11.7 Å². The van der Waals surface area contributed by atoms with Crippen LogP contribution in [0.4, 0.5) is 5.69 Å². The van der Waals surface area contributed by atoms with Gasteiger partial charge in [-0.3, -0.25) is 0 Å². The van der Waals surface area contributed by atoms with Gasteiger partial charge in [0, 0.05) is 17.9 Å². The number of rotatable bonds is 3. The minimum Gasteiger partial charge on any atom is -0.477 e. The number of anilines is 1. The Morgan fingerprint density at radius 2 is 2.43 bits per heavy atom. The summed E-state index contributed by atoms with van der Waals surface area (Å²) < 4.78 is 0. The Balaban J connectivity index is 2.10. The van der Waals surface area contributed by atoms with Gasteiger partial charge in [-0.05, 0) is 24.5 Å². The second kappa shape index (κ2) is 3.29. The number of nitrogens with one attached hydrogen (secondary N) is 1. The Morgan fingerprint density at radius 1 is 1.71 bits per heavy atom. The lowest BCUT2D eigenvalue weighted by molar-refractivity contribution is 0.0690. The average Bonchev–Trinajstić information content (AvgIpc) is 2.82. The first kappa shape index (κ1) is 8.99. The van der Waals surface area contributed by atoms with Crippen molar-refractivity contribution in [1.82, 2.24) is 4.98 Å². The molecule has 2 unspecified atom stereocenters. The molecule has 2 atom stereocenters. The van der Waals surface area contributed by atoms with Gasteiger partial charge >= 0.3 is 5.97 Å². The van der Waals surface area contributed by atoms with Gasteiger partial charge in [0.1, 0.15) is 5.69 Å². The highest BCUT2D eigenvalue weighted by Crippen LogP contribution is 2.32. The summed E-state index contributed by atoms with van der Waals surface area (Å²) in [6, 6.07) is 3.85. The van der Waals surface area contributed by atoms with Crippen molar-refractivity contribution in [3.8, 4) is 0 Å². The molecule has 4 nitrogen and oxygen atoms in total. The molecule has 1 aliphatic carbocycles. The maximum absolute atomic E-state index is 10.6. The van der Waals surface area contributed by atoms with Crippen molar-refractivity contribution in [3.63, 3.8) is 0 Å². The molecule has 1 saturated carbocycles. The zero-order valence-electron chi connectivity index (χ0n) is 7.90. The lowest BCUT2D eigenvalue weighted by Crippen LogP contribution is -2.06. The maximum atomic E-state index is 10.6. The first-order valence-corrected chi connectivity index (χ1v) is 4.62. The van der Waals surface area contributed by atoms with E-state index in [1.54, 1.807) is 12.1 Å². The van der Waals surface area contributed by atoms with Gasteiger partial charge < -0.3 is 10.4 Å². The van der Waals surface area contributed by atoms with Crippen LogP contribution in [-0.4, -0.2) is 22.1 Å². The lowest BCUT2D eigenvalue weighted by atomic mass is 10.3. The summed E-state index contributed by atoms with van der Waals surface area (Å²) in [7, 11) is 0. The second-order valence-electron chi connectivity index (χ2n) is 3.70. The van der Waals surface area contributed by atoms with E-state index < -0.39 is 5.97 Å². The van der Waals surface area contributed by atoms with Crippen molar-refractivity contribution < 1.29 is 9.90 Å². The monoisotopic (exact) mass is 192 g/mol. The Kier molecular flexibility index (Phi) is 2.11. The Labute approximate surface area is 82.0 Å². The van der Waals surface area contributed by atoms with E-state index in [1.165, 1.54) is 6.20 Å². The third kappa shape index (κ3) is 1.84. The van der Waals surface area contributed by atoms with Crippen LogP contribution in [0.3, 0.4) is 0 Å². The van der Waals surface area contributed by atoms with Gasteiger partial charge in [-0.25, -0.2) is 9.78 Å². The molecule has 0 amide bonds. The summed E-state index contributed by atoms with van der Waals surface area (Å²) in [5.74, 6) is -0.297. The highest BCUT2D eigenvalue weighted by molar-refractivity contribution is 5.86. The minimum absolute atomic E-state index is 0.0864. The number of aromatic nitrogens is 1. The molecule has 4 heteroatoms. The summed E-state index contributed by atoms with van der Waals surface area (Å²) in [6.07, 6.45) is 2.67. The molecule has 1 fully saturated rings. The molecule has 0 aliphatic heterocycles. The van der Waals surface area contributed by atoms with E-state index in [4.69, 9.17) is 5.11 Å². The van der Waals surface area contributed by atoms with Crippen LogP contribution in [0.2, 0.25) is 0 Å². The zero-order valence-corrected chi connectivity index (χ0v) is 7.90. The molecule has 0 radical (unpaired) electrons. The quantitative estimate of drug-likeness (QED) is 0.763. The van der Waals surface area contributed by atoms with E-state index in [0.717, 1.165) is 12.1 Å². The van der Waals surface area contributed by atoms with Gasteiger partial charge in [-0.1, -0.05) is 6.92 Å². The van der Waals surface area contributed by atoms with Gasteiger partial charge in [-0.15, -0.1) is 0 Å². The highest BCUT2D eigenvalue weighted by Gasteiger charge is 2.32. The molecule has 0 spiro atoms. The van der Waals surface area contributed by atoms with Gasteiger partial charge in [-0.2, -0.15) is 0 Å².